The fourth-order valence-corrected chi connectivity index (χ4v) is 3.60. The van der Waals surface area contributed by atoms with Crippen molar-refractivity contribution in [2.45, 2.75) is 32.7 Å². The fraction of sp³-hybridized carbons (Fsp3) is 0.261. The normalized spacial score (nSPS) is 13.5. The number of amides is 2. The van der Waals surface area contributed by atoms with Gasteiger partial charge in [-0.15, -0.1) is 0 Å². The molecule has 1 aliphatic rings. The van der Waals surface area contributed by atoms with Crippen LogP contribution in [0.15, 0.2) is 53.6 Å². The van der Waals surface area contributed by atoms with Crippen LogP contribution < -0.4 is 15.8 Å². The summed E-state index contributed by atoms with van der Waals surface area (Å²) in [7, 11) is 0. The highest BCUT2D eigenvalue weighted by atomic mass is 16.2. The number of pyridine rings is 1. The Morgan fingerprint density at radius 3 is 2.65 bits per heavy atom. The van der Waals surface area contributed by atoms with Crippen LogP contribution in [0.5, 0.6) is 0 Å². The molecule has 1 aliphatic heterocycles. The highest BCUT2D eigenvalue weighted by Gasteiger charge is 2.21. The second-order valence-electron chi connectivity index (χ2n) is 7.49. The average Bonchev–Trinajstić information content (AvgIpc) is 3.21. The molecule has 0 radical (unpaired) electrons. The van der Waals surface area contributed by atoms with Gasteiger partial charge in [0, 0.05) is 54.4 Å². The van der Waals surface area contributed by atoms with E-state index < -0.39 is 0 Å². The zero-order valence-electron chi connectivity index (χ0n) is 17.2. The number of rotatable bonds is 6. The van der Waals surface area contributed by atoms with Crippen molar-refractivity contribution in [3.8, 4) is 11.4 Å². The summed E-state index contributed by atoms with van der Waals surface area (Å²) in [4.78, 5) is 49.7. The van der Waals surface area contributed by atoms with E-state index in [4.69, 9.17) is 0 Å². The van der Waals surface area contributed by atoms with Crippen molar-refractivity contribution >= 4 is 17.5 Å². The van der Waals surface area contributed by atoms with Crippen molar-refractivity contribution in [3.05, 3.63) is 76.0 Å². The van der Waals surface area contributed by atoms with Crippen LogP contribution in [0.25, 0.3) is 11.4 Å². The number of nitrogens with zero attached hydrogens (tertiary/aromatic N) is 3. The third kappa shape index (κ3) is 4.69. The third-order valence-electron chi connectivity index (χ3n) is 5.31. The van der Waals surface area contributed by atoms with E-state index in [9.17, 15) is 14.4 Å². The Morgan fingerprint density at radius 1 is 1.19 bits per heavy atom. The number of aryl methyl sites for hydroxylation is 1. The lowest BCUT2D eigenvalue weighted by atomic mass is 10.1. The maximum atomic E-state index is 12.5. The van der Waals surface area contributed by atoms with Gasteiger partial charge in [0.05, 0.1) is 6.42 Å². The molecule has 0 unspecified atom stereocenters. The number of H-pyrrole nitrogens is 1. The zero-order valence-corrected chi connectivity index (χ0v) is 17.2. The summed E-state index contributed by atoms with van der Waals surface area (Å²) in [5, 5.41) is 2.84. The second kappa shape index (κ2) is 8.91. The Bertz CT molecular complexity index is 1160. The van der Waals surface area contributed by atoms with Crippen molar-refractivity contribution in [1.82, 2.24) is 20.3 Å². The van der Waals surface area contributed by atoms with Gasteiger partial charge in [-0.05, 0) is 43.2 Å². The van der Waals surface area contributed by atoms with Crippen LogP contribution in [0.4, 0.5) is 5.69 Å². The van der Waals surface area contributed by atoms with E-state index in [1.807, 2.05) is 30.3 Å². The molecule has 0 spiro atoms. The van der Waals surface area contributed by atoms with Crippen molar-refractivity contribution in [1.29, 1.82) is 0 Å². The molecule has 2 N–H and O–H groups in total. The van der Waals surface area contributed by atoms with Gasteiger partial charge in [-0.3, -0.25) is 19.4 Å². The SMILES string of the molecule is Cc1nc(-c2cccnc2)[nH]c(=O)c1CC(=O)NCc1ccc(N2CCCC2=O)cc1. The molecule has 8 nitrogen and oxygen atoms in total. The Morgan fingerprint density at radius 2 is 2.00 bits per heavy atom. The Hall–Kier alpha value is -3.81. The molecule has 0 bridgehead atoms. The lowest BCUT2D eigenvalue weighted by Gasteiger charge is -2.16. The number of benzene rings is 1. The quantitative estimate of drug-likeness (QED) is 0.639. The highest BCUT2D eigenvalue weighted by Crippen LogP contribution is 2.21. The molecule has 1 aromatic carbocycles. The van der Waals surface area contributed by atoms with Crippen molar-refractivity contribution in [2.24, 2.45) is 0 Å². The smallest absolute Gasteiger partial charge is 0.255 e. The van der Waals surface area contributed by atoms with Crippen LogP contribution in [0.2, 0.25) is 0 Å². The van der Waals surface area contributed by atoms with E-state index in [2.05, 4.69) is 20.3 Å². The number of aromatic nitrogens is 3. The molecule has 1 saturated heterocycles. The van der Waals surface area contributed by atoms with E-state index in [1.54, 1.807) is 30.3 Å². The molecule has 1 fully saturated rings. The van der Waals surface area contributed by atoms with E-state index >= 15 is 0 Å². The molecule has 158 valence electrons. The van der Waals surface area contributed by atoms with Crippen LogP contribution in [-0.2, 0) is 22.6 Å². The third-order valence-corrected chi connectivity index (χ3v) is 5.31. The summed E-state index contributed by atoms with van der Waals surface area (Å²) in [5.74, 6) is 0.310. The number of carbonyl (C=O) groups is 2. The van der Waals surface area contributed by atoms with Gasteiger partial charge in [0.15, 0.2) is 0 Å². The zero-order chi connectivity index (χ0) is 21.8. The first-order valence-electron chi connectivity index (χ1n) is 10.2. The Labute approximate surface area is 179 Å². The highest BCUT2D eigenvalue weighted by molar-refractivity contribution is 5.95. The number of nitrogens with one attached hydrogen (secondary N) is 2. The predicted molar refractivity (Wildman–Crippen MR) is 116 cm³/mol. The van der Waals surface area contributed by atoms with Gasteiger partial charge in [0.2, 0.25) is 11.8 Å². The summed E-state index contributed by atoms with van der Waals surface area (Å²) in [6.45, 7) is 2.80. The molecule has 4 rings (SSSR count). The van der Waals surface area contributed by atoms with Gasteiger partial charge in [-0.1, -0.05) is 12.1 Å². The van der Waals surface area contributed by atoms with E-state index in [-0.39, 0.29) is 23.8 Å². The monoisotopic (exact) mass is 417 g/mol. The van der Waals surface area contributed by atoms with Gasteiger partial charge in [-0.2, -0.15) is 0 Å². The second-order valence-corrected chi connectivity index (χ2v) is 7.49. The summed E-state index contributed by atoms with van der Waals surface area (Å²) in [6, 6.07) is 11.1. The number of carbonyl (C=O) groups excluding carboxylic acids is 2. The first-order chi connectivity index (χ1) is 15.0. The number of aromatic amines is 1. The van der Waals surface area contributed by atoms with E-state index in [0.29, 0.717) is 35.6 Å². The van der Waals surface area contributed by atoms with Crippen molar-refractivity contribution < 1.29 is 9.59 Å². The molecule has 3 aromatic rings. The van der Waals surface area contributed by atoms with Crippen LogP contribution in [0.1, 0.15) is 29.7 Å². The molecule has 3 heterocycles. The van der Waals surface area contributed by atoms with Crippen molar-refractivity contribution in [2.75, 3.05) is 11.4 Å². The van der Waals surface area contributed by atoms with Crippen LogP contribution >= 0.6 is 0 Å². The molecule has 2 amide bonds. The fourth-order valence-electron chi connectivity index (χ4n) is 3.60. The summed E-state index contributed by atoms with van der Waals surface area (Å²) < 4.78 is 0. The first kappa shape index (κ1) is 20.5. The molecule has 0 atom stereocenters. The molecule has 0 aliphatic carbocycles. The summed E-state index contributed by atoms with van der Waals surface area (Å²) in [5.41, 5.74) is 3.02. The minimum absolute atomic E-state index is 0.0537. The maximum absolute atomic E-state index is 12.5. The molecule has 8 heteroatoms. The topological polar surface area (TPSA) is 108 Å². The number of hydrogen-bond acceptors (Lipinski definition) is 5. The van der Waals surface area contributed by atoms with Crippen LogP contribution in [0, 0.1) is 6.92 Å². The van der Waals surface area contributed by atoms with E-state index in [1.165, 1.54) is 0 Å². The van der Waals surface area contributed by atoms with Gasteiger partial charge < -0.3 is 15.2 Å². The average molecular weight is 417 g/mol. The van der Waals surface area contributed by atoms with Crippen LogP contribution in [0.3, 0.4) is 0 Å². The molecule has 31 heavy (non-hydrogen) atoms. The molecular weight excluding hydrogens is 394 g/mol. The van der Waals surface area contributed by atoms with Gasteiger partial charge in [-0.25, -0.2) is 4.98 Å². The molecule has 2 aromatic heterocycles. The minimum atomic E-state index is -0.332. The lowest BCUT2D eigenvalue weighted by Crippen LogP contribution is -2.29. The Kier molecular flexibility index (Phi) is 5.88. The van der Waals surface area contributed by atoms with Crippen molar-refractivity contribution in [3.63, 3.8) is 0 Å². The predicted octanol–water partition coefficient (Wildman–Crippen LogP) is 2.13. The molecular formula is C23H23N5O3. The number of hydrogen-bond donors (Lipinski definition) is 2. The van der Waals surface area contributed by atoms with Gasteiger partial charge in [0.25, 0.3) is 5.56 Å². The summed E-state index contributed by atoms with van der Waals surface area (Å²) in [6.07, 6.45) is 4.69. The largest absolute Gasteiger partial charge is 0.352 e. The standard InChI is InChI=1S/C23H23N5O3/c1-15-19(23(31)27-22(26-15)17-4-2-10-24-14-17)12-20(29)25-13-16-6-8-18(9-7-16)28-11-3-5-21(28)30/h2,4,6-10,14H,3,5,11-13H2,1H3,(H,25,29)(H,26,27,31). The van der Waals surface area contributed by atoms with Gasteiger partial charge in [0.1, 0.15) is 5.82 Å². The van der Waals surface area contributed by atoms with E-state index in [0.717, 1.165) is 24.2 Å². The van der Waals surface area contributed by atoms with Crippen LogP contribution in [-0.4, -0.2) is 33.3 Å². The maximum Gasteiger partial charge on any atom is 0.255 e. The summed E-state index contributed by atoms with van der Waals surface area (Å²) >= 11 is 0. The Balaban J connectivity index is 1.38. The van der Waals surface area contributed by atoms with Gasteiger partial charge >= 0.3 is 0 Å². The molecule has 0 saturated carbocycles. The lowest BCUT2D eigenvalue weighted by molar-refractivity contribution is -0.120. The number of anilines is 1. The minimum Gasteiger partial charge on any atom is -0.352 e. The first-order valence-corrected chi connectivity index (χ1v) is 10.2.